The van der Waals surface area contributed by atoms with Gasteiger partial charge in [-0.1, -0.05) is 0 Å². The Hall–Kier alpha value is 1.22. The quantitative estimate of drug-likeness (QED) is 0.424. The third-order valence-corrected chi connectivity index (χ3v) is 0. The van der Waals surface area contributed by atoms with E-state index < -0.39 is 10.4 Å². The molecule has 0 saturated carbocycles. The summed E-state index contributed by atoms with van der Waals surface area (Å²) in [4.78, 5) is 0. The van der Waals surface area contributed by atoms with E-state index in [1.54, 1.807) is 0 Å². The number of halogens is 2. The number of hydrogen-bond acceptors (Lipinski definition) is 2. The topological polar surface area (TPSA) is 74.6 Å². The van der Waals surface area contributed by atoms with Crippen molar-refractivity contribution in [1.82, 2.24) is 0 Å². The van der Waals surface area contributed by atoms with Gasteiger partial charge in [-0.3, -0.25) is 9.11 Å². The maximum Gasteiger partial charge on any atom is 2.00 e. The van der Waals surface area contributed by atoms with Crippen LogP contribution in [0.5, 0.6) is 0 Å². The molecule has 8 heavy (non-hydrogen) atoms. The van der Waals surface area contributed by atoms with Gasteiger partial charge in [0.05, 0.1) is 0 Å². The van der Waals surface area contributed by atoms with Crippen LogP contribution in [0.2, 0.25) is 0 Å². The van der Waals surface area contributed by atoms with Gasteiger partial charge in [0.25, 0.3) is 0 Å². The van der Waals surface area contributed by atoms with Crippen molar-refractivity contribution in [1.29, 1.82) is 0 Å². The van der Waals surface area contributed by atoms with E-state index in [0.29, 0.717) is 0 Å². The zero-order valence-corrected chi connectivity index (χ0v) is 7.51. The normalized spacial score (nSPS) is 7.25. The fraction of sp³-hybridized carbons (Fsp3) is 0. The first-order chi connectivity index (χ1) is 2.00. The minimum absolute atomic E-state index is 0. The van der Waals surface area contributed by atoms with Crippen LogP contribution in [0.3, 0.4) is 0 Å². The van der Waals surface area contributed by atoms with E-state index >= 15 is 0 Å². The smallest absolute Gasteiger partial charge is 1.00 e. The van der Waals surface area contributed by atoms with Crippen LogP contribution in [0.1, 0.15) is 2.85 Å². The van der Waals surface area contributed by atoms with Crippen LogP contribution in [0, 0.1) is 0 Å². The zero-order valence-electron chi connectivity index (χ0n) is 5.64. The Morgan fingerprint density at radius 2 is 1.12 bits per heavy atom. The molecule has 0 aromatic rings. The molecule has 0 aromatic carbocycles. The summed E-state index contributed by atoms with van der Waals surface area (Å²) in [6.07, 6.45) is 0. The van der Waals surface area contributed by atoms with Crippen LogP contribution < -0.4 is 0 Å². The van der Waals surface area contributed by atoms with E-state index in [2.05, 4.69) is 0 Å². The van der Waals surface area contributed by atoms with Gasteiger partial charge in [0.15, 0.2) is 0 Å². The second kappa shape index (κ2) is 8.22. The number of hydrogen-bond donors (Lipinski definition) is 2. The van der Waals surface area contributed by atoms with Crippen molar-refractivity contribution in [3.63, 3.8) is 0 Å². The van der Waals surface area contributed by atoms with E-state index in [1.807, 2.05) is 0 Å². The maximum absolute atomic E-state index is 8.74. The third-order valence-electron chi connectivity index (χ3n) is 0. The molecule has 2 N–H and O–H groups in total. The van der Waals surface area contributed by atoms with Crippen molar-refractivity contribution in [2.75, 3.05) is 0 Å². The third kappa shape index (κ3) is 189. The van der Waals surface area contributed by atoms with Crippen molar-refractivity contribution in [3.8, 4) is 0 Å². The Morgan fingerprint density at radius 3 is 1.12 bits per heavy atom. The van der Waals surface area contributed by atoms with E-state index in [0.717, 1.165) is 0 Å². The summed E-state index contributed by atoms with van der Waals surface area (Å²) >= 11 is 0. The summed E-state index contributed by atoms with van der Waals surface area (Å²) in [5.41, 5.74) is 0. The molecule has 0 spiro atoms. The molecule has 0 aliphatic carbocycles. The molecule has 0 amide bonds. The summed E-state index contributed by atoms with van der Waals surface area (Å²) in [6.45, 7) is 0. The largest absolute Gasteiger partial charge is 2.00 e. The van der Waals surface area contributed by atoms with Gasteiger partial charge in [0.2, 0.25) is 0 Å². The first-order valence-electron chi connectivity index (χ1n) is 0.698. The summed E-state index contributed by atoms with van der Waals surface area (Å²) < 4.78 is 31.6. The molecule has 0 unspecified atom stereocenters. The van der Waals surface area contributed by atoms with Crippen LogP contribution in [0.15, 0.2) is 0 Å². The first-order valence-corrected chi connectivity index (χ1v) is 2.10. The predicted octanol–water partition coefficient (Wildman–Crippen LogP) is 0.0350. The minimum Gasteiger partial charge on any atom is -1.00 e. The summed E-state index contributed by atoms with van der Waals surface area (Å²) in [5, 5.41) is 0. The Bertz CT molecular complexity index is 104. The van der Waals surface area contributed by atoms with Crippen LogP contribution >= 0.6 is 24.8 Å². The van der Waals surface area contributed by atoms with Crippen molar-refractivity contribution in [2.45, 2.75) is 0 Å². The Labute approximate surface area is 78.6 Å². The molecule has 0 fully saturated rings. The molecule has 0 heterocycles. The summed E-state index contributed by atoms with van der Waals surface area (Å²) in [5.74, 6) is 0. The van der Waals surface area contributed by atoms with E-state index in [1.165, 1.54) is 0 Å². The average Bonchev–Trinajstić information content (AvgIpc) is 0.722. The molecule has 0 radical (unpaired) electrons. The summed E-state index contributed by atoms with van der Waals surface area (Å²) in [6, 6.07) is 0. The summed E-state index contributed by atoms with van der Waals surface area (Å²) in [7, 11) is -4.67. The van der Waals surface area contributed by atoms with Crippen LogP contribution in [-0.2, 0) is 10.4 Å². The van der Waals surface area contributed by atoms with Crippen molar-refractivity contribution < 1.29 is 20.4 Å². The second-order valence-corrected chi connectivity index (χ2v) is 1.34. The second-order valence-electron chi connectivity index (χ2n) is 0.448. The fourth-order valence-electron chi connectivity index (χ4n) is 0. The molecule has 0 aromatic heterocycles. The minimum atomic E-state index is -4.67. The van der Waals surface area contributed by atoms with Crippen LogP contribution in [-0.4, -0.2) is 40.6 Å². The fourth-order valence-corrected chi connectivity index (χ4v) is 0. The molecule has 0 atom stereocenters. The maximum atomic E-state index is 8.74. The van der Waals surface area contributed by atoms with Gasteiger partial charge >= 0.3 is 33.5 Å². The van der Waals surface area contributed by atoms with E-state index in [4.69, 9.17) is 17.5 Å². The molecular formula is H6Cl2MgO4S. The van der Waals surface area contributed by atoms with Gasteiger partial charge in [-0.15, -0.1) is 24.8 Å². The van der Waals surface area contributed by atoms with Gasteiger partial charge in [0.1, 0.15) is 0 Å². The van der Waals surface area contributed by atoms with Crippen LogP contribution in [0.4, 0.5) is 0 Å². The number of rotatable bonds is 0. The predicted molar refractivity (Wildman–Crippen MR) is 36.7 cm³/mol. The Morgan fingerprint density at radius 1 is 1.12 bits per heavy atom. The molecule has 52 valence electrons. The van der Waals surface area contributed by atoms with Gasteiger partial charge in [-0.05, 0) is 0 Å². The Kier molecular flexibility index (Phi) is 23.5. The molecule has 0 bridgehead atoms. The molecule has 4 nitrogen and oxygen atoms in total. The van der Waals surface area contributed by atoms with Crippen molar-refractivity contribution in [2.24, 2.45) is 0 Å². The van der Waals surface area contributed by atoms with Crippen molar-refractivity contribution in [3.05, 3.63) is 0 Å². The molecular weight excluding hydrogens is 191 g/mol. The van der Waals surface area contributed by atoms with Gasteiger partial charge in [-0.2, -0.15) is 8.42 Å². The van der Waals surface area contributed by atoms with Gasteiger partial charge in [-0.25, -0.2) is 0 Å². The van der Waals surface area contributed by atoms with Crippen LogP contribution in [0.25, 0.3) is 0 Å². The van der Waals surface area contributed by atoms with Gasteiger partial charge in [0, 0.05) is 0 Å². The standard InChI is InChI=1S/2ClH.Mg.H2O4S.2H/c;;;1-5(2,3)4;;/h2*1H;;(H2,1,2,3,4);;/q;;+2;;2*-1. The SMILES string of the molecule is Cl.Cl.O=S(=O)(O)O.[H-].[H-].[Mg+2]. The monoisotopic (exact) mass is 196 g/mol. The zero-order chi connectivity index (χ0) is 4.50. The molecule has 0 rings (SSSR count). The molecule has 8 heteroatoms. The molecule has 0 aliphatic heterocycles. The van der Waals surface area contributed by atoms with Crippen molar-refractivity contribution >= 4 is 58.3 Å². The molecule has 0 saturated heterocycles. The van der Waals surface area contributed by atoms with E-state index in [-0.39, 0.29) is 50.7 Å². The Balaban J connectivity index is -0.00000000800. The first kappa shape index (κ1) is 22.9. The van der Waals surface area contributed by atoms with E-state index in [9.17, 15) is 0 Å². The molecule has 0 aliphatic rings. The van der Waals surface area contributed by atoms with Gasteiger partial charge < -0.3 is 2.85 Å². The average molecular weight is 197 g/mol.